The monoisotopic (exact) mass is 331 g/mol. The Balaban J connectivity index is 1.69. The number of anilines is 2. The lowest BCUT2D eigenvalue weighted by Gasteiger charge is -2.22. The molecule has 1 atom stereocenters. The van der Waals surface area contributed by atoms with Gasteiger partial charge in [-0.1, -0.05) is 12.1 Å². The van der Waals surface area contributed by atoms with Crippen LogP contribution in [0.5, 0.6) is 0 Å². The van der Waals surface area contributed by atoms with Crippen molar-refractivity contribution in [3.63, 3.8) is 0 Å². The number of rotatable bonds is 5. The van der Waals surface area contributed by atoms with Crippen molar-refractivity contribution in [1.29, 1.82) is 0 Å². The van der Waals surface area contributed by atoms with Crippen molar-refractivity contribution in [1.82, 2.24) is 4.90 Å². The fraction of sp³-hybridized carbons (Fsp3) is 0.471. The van der Waals surface area contributed by atoms with Gasteiger partial charge in [0.2, 0.25) is 11.8 Å². The molecule has 1 aromatic rings. The molecule has 0 radical (unpaired) electrons. The van der Waals surface area contributed by atoms with Gasteiger partial charge in [0, 0.05) is 13.0 Å². The molecule has 2 aliphatic heterocycles. The van der Waals surface area contributed by atoms with E-state index in [1.165, 1.54) is 0 Å². The number of para-hydroxylation sites is 2. The van der Waals surface area contributed by atoms with Crippen molar-refractivity contribution >= 4 is 29.2 Å². The second-order valence-corrected chi connectivity index (χ2v) is 6.18. The van der Waals surface area contributed by atoms with Crippen LogP contribution in [-0.4, -0.2) is 53.5 Å². The zero-order valence-corrected chi connectivity index (χ0v) is 13.4. The summed E-state index contributed by atoms with van der Waals surface area (Å²) in [4.78, 5) is 38.9. The number of carbonyl (C=O) groups excluding carboxylic acids is 2. The van der Waals surface area contributed by atoms with Gasteiger partial charge in [0.1, 0.15) is 6.04 Å². The van der Waals surface area contributed by atoms with Gasteiger partial charge in [-0.3, -0.25) is 19.3 Å². The van der Waals surface area contributed by atoms with Gasteiger partial charge >= 0.3 is 5.97 Å². The van der Waals surface area contributed by atoms with Gasteiger partial charge in [-0.05, 0) is 37.9 Å². The SMILES string of the molecule is O=C(CN1CCCC1C(=O)O)Nc1ccccc1N1CCCC1=O. The highest BCUT2D eigenvalue weighted by Gasteiger charge is 2.32. The van der Waals surface area contributed by atoms with E-state index in [0.29, 0.717) is 37.3 Å². The Bertz CT molecular complexity index is 661. The molecular weight excluding hydrogens is 310 g/mol. The van der Waals surface area contributed by atoms with Crippen LogP contribution in [0, 0.1) is 0 Å². The summed E-state index contributed by atoms with van der Waals surface area (Å²) in [6.07, 6.45) is 2.69. The second-order valence-electron chi connectivity index (χ2n) is 6.18. The van der Waals surface area contributed by atoms with Crippen molar-refractivity contribution in [3.8, 4) is 0 Å². The highest BCUT2D eigenvalue weighted by Crippen LogP contribution is 2.29. The van der Waals surface area contributed by atoms with E-state index in [4.69, 9.17) is 0 Å². The fourth-order valence-corrected chi connectivity index (χ4v) is 3.39. The minimum Gasteiger partial charge on any atom is -0.480 e. The Kier molecular flexibility index (Phi) is 4.80. The van der Waals surface area contributed by atoms with Crippen molar-refractivity contribution < 1.29 is 19.5 Å². The predicted octanol–water partition coefficient (Wildman–Crippen LogP) is 1.30. The van der Waals surface area contributed by atoms with Crippen LogP contribution in [0.15, 0.2) is 24.3 Å². The molecule has 3 rings (SSSR count). The minimum absolute atomic E-state index is 0.0409. The van der Waals surface area contributed by atoms with Crippen molar-refractivity contribution in [2.75, 3.05) is 29.9 Å². The number of likely N-dealkylation sites (tertiary alicyclic amines) is 1. The average molecular weight is 331 g/mol. The lowest BCUT2D eigenvalue weighted by molar-refractivity contribution is -0.142. The maximum absolute atomic E-state index is 12.3. The summed E-state index contributed by atoms with van der Waals surface area (Å²) < 4.78 is 0. The Morgan fingerprint density at radius 3 is 2.71 bits per heavy atom. The van der Waals surface area contributed by atoms with Crippen LogP contribution in [0.4, 0.5) is 11.4 Å². The van der Waals surface area contributed by atoms with Crippen LogP contribution in [0.25, 0.3) is 0 Å². The van der Waals surface area contributed by atoms with Gasteiger partial charge in [-0.2, -0.15) is 0 Å². The molecular formula is C17H21N3O4. The van der Waals surface area contributed by atoms with E-state index in [-0.39, 0.29) is 18.4 Å². The van der Waals surface area contributed by atoms with E-state index in [0.717, 1.165) is 12.8 Å². The highest BCUT2D eigenvalue weighted by molar-refractivity contribution is 6.02. The van der Waals surface area contributed by atoms with Gasteiger partial charge in [-0.15, -0.1) is 0 Å². The van der Waals surface area contributed by atoms with E-state index in [9.17, 15) is 19.5 Å². The summed E-state index contributed by atoms with van der Waals surface area (Å²) in [7, 11) is 0. The molecule has 2 N–H and O–H groups in total. The van der Waals surface area contributed by atoms with Crippen LogP contribution in [-0.2, 0) is 14.4 Å². The molecule has 1 aromatic carbocycles. The number of hydrogen-bond donors (Lipinski definition) is 2. The topological polar surface area (TPSA) is 89.9 Å². The number of carboxylic acids is 1. The number of nitrogens with one attached hydrogen (secondary N) is 1. The third-order valence-corrected chi connectivity index (χ3v) is 4.54. The number of carbonyl (C=O) groups is 3. The molecule has 7 nitrogen and oxygen atoms in total. The van der Waals surface area contributed by atoms with Gasteiger partial charge < -0.3 is 15.3 Å². The molecule has 2 heterocycles. The van der Waals surface area contributed by atoms with Gasteiger partial charge in [0.25, 0.3) is 0 Å². The number of nitrogens with zero attached hydrogens (tertiary/aromatic N) is 2. The Labute approximate surface area is 140 Å². The maximum Gasteiger partial charge on any atom is 0.320 e. The first-order chi connectivity index (χ1) is 11.6. The summed E-state index contributed by atoms with van der Waals surface area (Å²) in [5, 5.41) is 12.0. The Hall–Kier alpha value is -2.41. The summed E-state index contributed by atoms with van der Waals surface area (Å²) in [5.41, 5.74) is 1.29. The van der Waals surface area contributed by atoms with Gasteiger partial charge in [0.05, 0.1) is 17.9 Å². The third kappa shape index (κ3) is 3.41. The molecule has 24 heavy (non-hydrogen) atoms. The third-order valence-electron chi connectivity index (χ3n) is 4.54. The molecule has 2 amide bonds. The average Bonchev–Trinajstić information content (AvgIpc) is 3.17. The molecule has 0 aliphatic carbocycles. The van der Waals surface area contributed by atoms with E-state index in [1.54, 1.807) is 21.9 Å². The Morgan fingerprint density at radius 1 is 1.21 bits per heavy atom. The van der Waals surface area contributed by atoms with Crippen molar-refractivity contribution in [3.05, 3.63) is 24.3 Å². The van der Waals surface area contributed by atoms with Crippen LogP contribution >= 0.6 is 0 Å². The molecule has 2 fully saturated rings. The van der Waals surface area contributed by atoms with Crippen molar-refractivity contribution in [2.24, 2.45) is 0 Å². The van der Waals surface area contributed by atoms with Crippen LogP contribution < -0.4 is 10.2 Å². The summed E-state index contributed by atoms with van der Waals surface area (Å²) in [5.74, 6) is -1.09. The zero-order valence-electron chi connectivity index (χ0n) is 13.4. The summed E-state index contributed by atoms with van der Waals surface area (Å²) in [6.45, 7) is 1.30. The fourth-order valence-electron chi connectivity index (χ4n) is 3.39. The van der Waals surface area contributed by atoms with E-state index < -0.39 is 12.0 Å². The minimum atomic E-state index is -0.886. The molecule has 0 spiro atoms. The first-order valence-corrected chi connectivity index (χ1v) is 8.22. The van der Waals surface area contributed by atoms with Crippen LogP contribution in [0.1, 0.15) is 25.7 Å². The smallest absolute Gasteiger partial charge is 0.320 e. The number of benzene rings is 1. The molecule has 7 heteroatoms. The lowest BCUT2D eigenvalue weighted by atomic mass is 10.2. The van der Waals surface area contributed by atoms with Gasteiger partial charge in [-0.25, -0.2) is 0 Å². The molecule has 0 bridgehead atoms. The van der Waals surface area contributed by atoms with E-state index >= 15 is 0 Å². The molecule has 2 saturated heterocycles. The van der Waals surface area contributed by atoms with Gasteiger partial charge in [0.15, 0.2) is 0 Å². The largest absolute Gasteiger partial charge is 0.480 e. The zero-order chi connectivity index (χ0) is 17.1. The van der Waals surface area contributed by atoms with Crippen LogP contribution in [0.3, 0.4) is 0 Å². The molecule has 0 saturated carbocycles. The van der Waals surface area contributed by atoms with Crippen LogP contribution in [0.2, 0.25) is 0 Å². The van der Waals surface area contributed by atoms with Crippen molar-refractivity contribution in [2.45, 2.75) is 31.7 Å². The molecule has 2 aliphatic rings. The normalized spacial score (nSPS) is 21.2. The summed E-state index contributed by atoms with van der Waals surface area (Å²) >= 11 is 0. The maximum atomic E-state index is 12.3. The highest BCUT2D eigenvalue weighted by atomic mass is 16.4. The number of aliphatic carboxylic acids is 1. The first-order valence-electron chi connectivity index (χ1n) is 8.22. The second kappa shape index (κ2) is 7.00. The van der Waals surface area contributed by atoms with E-state index in [2.05, 4.69) is 5.32 Å². The number of amides is 2. The predicted molar refractivity (Wildman–Crippen MR) is 88.9 cm³/mol. The summed E-state index contributed by atoms with van der Waals surface area (Å²) in [6, 6.07) is 6.62. The number of carboxylic acid groups (broad SMARTS) is 1. The lowest BCUT2D eigenvalue weighted by Crippen LogP contribution is -2.41. The molecule has 1 unspecified atom stereocenters. The standard InChI is InChI=1S/C17H21N3O4/c21-15(11-19-9-3-7-14(19)17(23)24)18-12-5-1-2-6-13(12)20-10-4-8-16(20)22/h1-2,5-6,14H,3-4,7-11H2,(H,18,21)(H,23,24). The first kappa shape index (κ1) is 16.4. The molecule has 128 valence electrons. The number of hydrogen-bond acceptors (Lipinski definition) is 4. The Morgan fingerprint density at radius 2 is 2.00 bits per heavy atom. The van der Waals surface area contributed by atoms with E-state index in [1.807, 2.05) is 12.1 Å². The quantitative estimate of drug-likeness (QED) is 0.849. The molecule has 0 aromatic heterocycles.